The third-order valence-electron chi connectivity index (χ3n) is 3.88. The van der Waals surface area contributed by atoms with Gasteiger partial charge >= 0.3 is 12.2 Å². The highest BCUT2D eigenvalue weighted by molar-refractivity contribution is 5.89. The molecule has 1 fully saturated rings. The number of carbonyl (C=O) groups is 1. The first kappa shape index (κ1) is 18.0. The maximum absolute atomic E-state index is 12.9. The van der Waals surface area contributed by atoms with Gasteiger partial charge in [-0.3, -0.25) is 0 Å². The van der Waals surface area contributed by atoms with Crippen LogP contribution in [0.25, 0.3) is 0 Å². The first-order valence-corrected chi connectivity index (χ1v) is 7.82. The molecule has 5 nitrogen and oxygen atoms in total. The zero-order valence-corrected chi connectivity index (χ0v) is 13.5. The van der Waals surface area contributed by atoms with Crippen molar-refractivity contribution in [3.05, 3.63) is 54.0 Å². The summed E-state index contributed by atoms with van der Waals surface area (Å²) in [5.41, 5.74) is -0.397. The molecule has 2 aromatic rings. The Hall–Kier alpha value is -2.84. The Balaban J connectivity index is 1.57. The Morgan fingerprint density at radius 2 is 1.96 bits per heavy atom. The van der Waals surface area contributed by atoms with Gasteiger partial charge in [-0.05, 0) is 30.3 Å². The molecule has 0 aliphatic carbocycles. The number of hydrogen-bond donors (Lipinski definition) is 1. The average molecular weight is 369 g/mol. The lowest BCUT2D eigenvalue weighted by Crippen LogP contribution is -2.34. The molecule has 1 aromatic heterocycles. The number of rotatable bonds is 3. The number of urea groups is 1. The predicted molar refractivity (Wildman–Crippen MR) is 85.3 cm³/mol. The molecule has 1 aliphatic heterocycles. The molecule has 26 heavy (non-hydrogen) atoms. The van der Waals surface area contributed by atoms with Gasteiger partial charge in [0.15, 0.2) is 0 Å². The van der Waals surface area contributed by atoms with E-state index in [-0.39, 0.29) is 18.5 Å². The van der Waals surface area contributed by atoms with Crippen LogP contribution in [0.1, 0.15) is 12.0 Å². The molecule has 1 unspecified atom stereocenters. The minimum Gasteiger partial charge on any atom is -0.472 e. The van der Waals surface area contributed by atoms with Crippen LogP contribution in [0, 0.1) is 5.82 Å². The van der Waals surface area contributed by atoms with Crippen LogP contribution in [0.5, 0.6) is 5.88 Å². The summed E-state index contributed by atoms with van der Waals surface area (Å²) in [4.78, 5) is 17.4. The van der Waals surface area contributed by atoms with Crippen molar-refractivity contribution in [2.24, 2.45) is 0 Å². The predicted octanol–water partition coefficient (Wildman–Crippen LogP) is 3.92. The number of halogens is 4. The number of ether oxygens (including phenoxy) is 1. The van der Waals surface area contributed by atoms with Gasteiger partial charge in [0.2, 0.25) is 5.88 Å². The second-order valence-corrected chi connectivity index (χ2v) is 5.79. The fourth-order valence-corrected chi connectivity index (χ4v) is 2.57. The van der Waals surface area contributed by atoms with Gasteiger partial charge in [0.25, 0.3) is 0 Å². The van der Waals surface area contributed by atoms with Crippen LogP contribution in [0.15, 0.2) is 42.6 Å². The molecule has 1 N–H and O–H groups in total. The summed E-state index contributed by atoms with van der Waals surface area (Å²) < 4.78 is 56.5. The lowest BCUT2D eigenvalue weighted by molar-refractivity contribution is -0.137. The molecule has 9 heteroatoms. The summed E-state index contributed by atoms with van der Waals surface area (Å²) in [5, 5.41) is 2.62. The Kier molecular flexibility index (Phi) is 4.97. The molecule has 2 amide bonds. The minimum absolute atomic E-state index is 0.134. The molecule has 0 bridgehead atoms. The van der Waals surface area contributed by atoms with Crippen LogP contribution in [-0.4, -0.2) is 35.1 Å². The molecule has 1 atom stereocenters. The summed E-state index contributed by atoms with van der Waals surface area (Å²) in [6.45, 7) is 0.599. The van der Waals surface area contributed by atoms with Crippen molar-refractivity contribution in [1.82, 2.24) is 9.88 Å². The van der Waals surface area contributed by atoms with Crippen LogP contribution in [0.2, 0.25) is 0 Å². The summed E-state index contributed by atoms with van der Waals surface area (Å²) in [6.07, 6.45) is -3.43. The number of nitrogens with zero attached hydrogens (tertiary/aromatic N) is 2. The van der Waals surface area contributed by atoms with E-state index in [4.69, 9.17) is 4.74 Å². The fraction of sp³-hybridized carbons (Fsp3) is 0.294. The zero-order chi connectivity index (χ0) is 18.7. The quantitative estimate of drug-likeness (QED) is 0.835. The number of carbonyl (C=O) groups excluding carboxylic acids is 1. The van der Waals surface area contributed by atoms with Crippen LogP contribution < -0.4 is 10.1 Å². The van der Waals surface area contributed by atoms with E-state index < -0.39 is 23.7 Å². The van der Waals surface area contributed by atoms with Crippen molar-refractivity contribution < 1.29 is 27.1 Å². The third-order valence-corrected chi connectivity index (χ3v) is 3.88. The van der Waals surface area contributed by atoms with Crippen molar-refractivity contribution in [3.8, 4) is 5.88 Å². The molecular weight excluding hydrogens is 354 g/mol. The Morgan fingerprint density at radius 1 is 1.23 bits per heavy atom. The Morgan fingerprint density at radius 3 is 2.65 bits per heavy atom. The normalized spacial score (nSPS) is 17.2. The van der Waals surface area contributed by atoms with E-state index in [1.165, 1.54) is 29.2 Å². The number of pyridine rings is 1. The topological polar surface area (TPSA) is 54.5 Å². The lowest BCUT2D eigenvalue weighted by atomic mass is 10.2. The van der Waals surface area contributed by atoms with Crippen LogP contribution in [0.4, 0.5) is 28.0 Å². The van der Waals surface area contributed by atoms with Gasteiger partial charge in [0, 0.05) is 30.9 Å². The highest BCUT2D eigenvalue weighted by Gasteiger charge is 2.32. The highest BCUT2D eigenvalue weighted by Crippen LogP contribution is 2.31. The molecular formula is C17H15F4N3O2. The zero-order valence-electron chi connectivity index (χ0n) is 13.5. The number of benzene rings is 1. The van der Waals surface area contributed by atoms with Crippen molar-refractivity contribution in [2.75, 3.05) is 18.4 Å². The average Bonchev–Trinajstić information content (AvgIpc) is 3.05. The number of hydrogen-bond acceptors (Lipinski definition) is 3. The van der Waals surface area contributed by atoms with E-state index in [9.17, 15) is 22.4 Å². The van der Waals surface area contributed by atoms with E-state index in [0.717, 1.165) is 18.3 Å². The largest absolute Gasteiger partial charge is 0.472 e. The SMILES string of the molecule is O=C(Nc1ccc(F)cc1)N1CCC(Oc2cc(C(F)(F)F)ccn2)C1. The van der Waals surface area contributed by atoms with E-state index in [2.05, 4.69) is 10.3 Å². The van der Waals surface area contributed by atoms with Crippen LogP contribution in [0.3, 0.4) is 0 Å². The van der Waals surface area contributed by atoms with Crippen molar-refractivity contribution in [2.45, 2.75) is 18.7 Å². The number of likely N-dealkylation sites (tertiary alicyclic amines) is 1. The van der Waals surface area contributed by atoms with Gasteiger partial charge < -0.3 is 15.0 Å². The molecule has 138 valence electrons. The number of amides is 2. The number of anilines is 1. The molecule has 1 saturated heterocycles. The minimum atomic E-state index is -4.47. The molecule has 0 saturated carbocycles. The first-order chi connectivity index (χ1) is 12.3. The maximum atomic E-state index is 12.9. The molecule has 2 heterocycles. The number of nitrogens with one attached hydrogen (secondary N) is 1. The maximum Gasteiger partial charge on any atom is 0.416 e. The van der Waals surface area contributed by atoms with E-state index >= 15 is 0 Å². The highest BCUT2D eigenvalue weighted by atomic mass is 19.4. The Labute approximate surface area is 146 Å². The molecule has 0 spiro atoms. The van der Waals surface area contributed by atoms with Gasteiger partial charge in [0.1, 0.15) is 11.9 Å². The summed E-state index contributed by atoms with van der Waals surface area (Å²) in [6, 6.07) is 6.63. The van der Waals surface area contributed by atoms with Crippen molar-refractivity contribution in [3.63, 3.8) is 0 Å². The monoisotopic (exact) mass is 369 g/mol. The smallest absolute Gasteiger partial charge is 0.416 e. The standard InChI is InChI=1S/C17H15F4N3O2/c18-12-1-3-13(4-2-12)23-16(25)24-8-6-14(10-24)26-15-9-11(5-7-22-15)17(19,20)21/h1-5,7,9,14H,6,8,10H2,(H,23,25). The van der Waals surface area contributed by atoms with Crippen molar-refractivity contribution >= 4 is 11.7 Å². The second kappa shape index (κ2) is 7.19. The van der Waals surface area contributed by atoms with Crippen LogP contribution in [-0.2, 0) is 6.18 Å². The molecule has 3 rings (SSSR count). The Bertz CT molecular complexity index is 780. The summed E-state index contributed by atoms with van der Waals surface area (Å²) in [5.74, 6) is -0.545. The summed E-state index contributed by atoms with van der Waals surface area (Å²) >= 11 is 0. The van der Waals surface area contributed by atoms with Gasteiger partial charge in [0.05, 0.1) is 12.1 Å². The number of alkyl halides is 3. The van der Waals surface area contributed by atoms with Crippen molar-refractivity contribution in [1.29, 1.82) is 0 Å². The first-order valence-electron chi connectivity index (χ1n) is 7.82. The van der Waals surface area contributed by atoms with Gasteiger partial charge in [-0.2, -0.15) is 13.2 Å². The second-order valence-electron chi connectivity index (χ2n) is 5.79. The van der Waals surface area contributed by atoms with Gasteiger partial charge in [-0.1, -0.05) is 0 Å². The lowest BCUT2D eigenvalue weighted by Gasteiger charge is -2.18. The van der Waals surface area contributed by atoms with Gasteiger partial charge in [-0.15, -0.1) is 0 Å². The molecule has 0 radical (unpaired) electrons. The molecule has 1 aliphatic rings. The number of aromatic nitrogens is 1. The van der Waals surface area contributed by atoms with Crippen LogP contribution >= 0.6 is 0 Å². The van der Waals surface area contributed by atoms with Gasteiger partial charge in [-0.25, -0.2) is 14.2 Å². The molecule has 1 aromatic carbocycles. The summed E-state index contributed by atoms with van der Waals surface area (Å²) in [7, 11) is 0. The van der Waals surface area contributed by atoms with E-state index in [1.807, 2.05) is 0 Å². The fourth-order valence-electron chi connectivity index (χ4n) is 2.57. The van der Waals surface area contributed by atoms with E-state index in [0.29, 0.717) is 18.7 Å². The third kappa shape index (κ3) is 4.41. The van der Waals surface area contributed by atoms with E-state index in [1.54, 1.807) is 0 Å².